The topological polar surface area (TPSA) is 26.0 Å². The van der Waals surface area contributed by atoms with Crippen LogP contribution in [0.1, 0.15) is 38.9 Å². The molecule has 3 aromatic carbocycles. The Hall–Kier alpha value is -3.06. The maximum Gasteiger partial charge on any atom is 0.0314 e. The van der Waals surface area contributed by atoms with Gasteiger partial charge in [0.2, 0.25) is 0 Å². The lowest BCUT2D eigenvalue weighted by Crippen LogP contribution is -1.95. The summed E-state index contributed by atoms with van der Waals surface area (Å²) in [6.45, 7) is 8.64. The summed E-state index contributed by atoms with van der Waals surface area (Å²) in [5.74, 6) is 0. The van der Waals surface area contributed by atoms with Crippen LogP contribution in [0.4, 0.5) is 5.69 Å². The summed E-state index contributed by atoms with van der Waals surface area (Å²) in [6, 6.07) is 21.2. The number of aryl methyl sites for hydroxylation is 4. The van der Waals surface area contributed by atoms with Crippen molar-refractivity contribution in [3.8, 4) is 0 Å². The Bertz CT molecular complexity index is 951. The Morgan fingerprint density at radius 1 is 0.704 bits per heavy atom. The van der Waals surface area contributed by atoms with E-state index in [1.165, 1.54) is 39.0 Å². The molecule has 0 fully saturated rings. The molecule has 0 aromatic heterocycles. The minimum Gasteiger partial charge on any atom is -0.399 e. The second kappa shape index (κ2) is 8.09. The van der Waals surface area contributed by atoms with Gasteiger partial charge in [-0.3, -0.25) is 0 Å². The second-order valence-corrected chi connectivity index (χ2v) is 7.24. The van der Waals surface area contributed by atoms with Crippen LogP contribution in [0.5, 0.6) is 0 Å². The fourth-order valence-corrected chi connectivity index (χ4v) is 3.42. The Morgan fingerprint density at radius 2 is 1.22 bits per heavy atom. The van der Waals surface area contributed by atoms with Crippen LogP contribution in [0.25, 0.3) is 11.6 Å². The molecule has 1 heteroatoms. The van der Waals surface area contributed by atoms with E-state index in [0.29, 0.717) is 0 Å². The van der Waals surface area contributed by atoms with Crippen LogP contribution in [-0.2, 0) is 0 Å². The van der Waals surface area contributed by atoms with Gasteiger partial charge in [-0.2, -0.15) is 0 Å². The first-order valence-corrected chi connectivity index (χ1v) is 9.33. The number of allylic oxidation sites excluding steroid dienone is 2. The SMILES string of the molecule is Cc1ccc(C(=C/C=C/c2ccc(N)cc2)c2ccc(C)cc2C)c(C)c1. The van der Waals surface area contributed by atoms with Crippen molar-refractivity contribution in [2.75, 3.05) is 5.73 Å². The highest BCUT2D eigenvalue weighted by molar-refractivity contribution is 5.84. The summed E-state index contributed by atoms with van der Waals surface area (Å²) >= 11 is 0. The molecule has 3 rings (SSSR count). The van der Waals surface area contributed by atoms with Crippen LogP contribution in [-0.4, -0.2) is 0 Å². The van der Waals surface area contributed by atoms with E-state index in [0.717, 1.165) is 11.3 Å². The van der Waals surface area contributed by atoms with Gasteiger partial charge >= 0.3 is 0 Å². The highest BCUT2D eigenvalue weighted by Gasteiger charge is 2.10. The van der Waals surface area contributed by atoms with Crippen molar-refractivity contribution in [2.24, 2.45) is 0 Å². The van der Waals surface area contributed by atoms with Crippen molar-refractivity contribution >= 4 is 17.3 Å². The number of benzene rings is 3. The zero-order chi connectivity index (χ0) is 19.4. The Kier molecular flexibility index (Phi) is 5.61. The minimum atomic E-state index is 0.786. The van der Waals surface area contributed by atoms with Crippen LogP contribution in [0.3, 0.4) is 0 Å². The lowest BCUT2D eigenvalue weighted by Gasteiger charge is -2.15. The highest BCUT2D eigenvalue weighted by atomic mass is 14.5. The molecule has 0 aliphatic carbocycles. The van der Waals surface area contributed by atoms with Gasteiger partial charge in [0.05, 0.1) is 0 Å². The molecule has 0 radical (unpaired) electrons. The number of rotatable bonds is 4. The second-order valence-electron chi connectivity index (χ2n) is 7.24. The molecule has 27 heavy (non-hydrogen) atoms. The van der Waals surface area contributed by atoms with Gasteiger partial charge in [0.15, 0.2) is 0 Å². The molecule has 2 N–H and O–H groups in total. The smallest absolute Gasteiger partial charge is 0.0314 e. The summed E-state index contributed by atoms with van der Waals surface area (Å²) in [5.41, 5.74) is 16.7. The molecule has 0 amide bonds. The molecule has 0 saturated carbocycles. The van der Waals surface area contributed by atoms with Crippen LogP contribution in [0, 0.1) is 27.7 Å². The molecule has 3 aromatic rings. The van der Waals surface area contributed by atoms with Crippen molar-refractivity contribution < 1.29 is 0 Å². The van der Waals surface area contributed by atoms with E-state index in [1.54, 1.807) is 0 Å². The van der Waals surface area contributed by atoms with Crippen molar-refractivity contribution in [3.63, 3.8) is 0 Å². The van der Waals surface area contributed by atoms with Gasteiger partial charge in [-0.25, -0.2) is 0 Å². The summed E-state index contributed by atoms with van der Waals surface area (Å²) in [4.78, 5) is 0. The van der Waals surface area contributed by atoms with Crippen molar-refractivity contribution in [2.45, 2.75) is 27.7 Å². The minimum absolute atomic E-state index is 0.786. The van der Waals surface area contributed by atoms with Gasteiger partial charge in [0.1, 0.15) is 0 Å². The van der Waals surface area contributed by atoms with E-state index in [-0.39, 0.29) is 0 Å². The van der Waals surface area contributed by atoms with Gasteiger partial charge in [-0.15, -0.1) is 0 Å². The van der Waals surface area contributed by atoms with E-state index in [9.17, 15) is 0 Å². The summed E-state index contributed by atoms with van der Waals surface area (Å²) in [6.07, 6.45) is 6.46. The molecule has 0 heterocycles. The first-order chi connectivity index (χ1) is 12.9. The molecule has 0 spiro atoms. The molecular formula is C26H27N. The molecule has 0 saturated heterocycles. The van der Waals surface area contributed by atoms with Gasteiger partial charge in [-0.05, 0) is 73.2 Å². The largest absolute Gasteiger partial charge is 0.399 e. The van der Waals surface area contributed by atoms with Crippen LogP contribution in [0.2, 0.25) is 0 Å². The third kappa shape index (κ3) is 4.57. The standard InChI is InChI=1S/C26H27N/c1-18-8-14-24(20(3)16-18)26(25-15-9-19(2)17-21(25)4)7-5-6-22-10-12-23(27)13-11-22/h5-17H,27H2,1-4H3/b6-5+. The summed E-state index contributed by atoms with van der Waals surface area (Å²) in [5, 5.41) is 0. The average molecular weight is 354 g/mol. The quantitative estimate of drug-likeness (QED) is 0.412. The predicted octanol–water partition coefficient (Wildman–Crippen LogP) is 6.65. The third-order valence-electron chi connectivity index (χ3n) is 4.83. The average Bonchev–Trinajstić information content (AvgIpc) is 2.62. The van der Waals surface area contributed by atoms with Gasteiger partial charge in [0, 0.05) is 5.69 Å². The summed E-state index contributed by atoms with van der Waals surface area (Å²) < 4.78 is 0. The number of hydrogen-bond acceptors (Lipinski definition) is 1. The molecular weight excluding hydrogens is 326 g/mol. The van der Waals surface area contributed by atoms with E-state index in [2.05, 4.69) is 82.3 Å². The monoisotopic (exact) mass is 353 g/mol. The Labute approximate surface area is 162 Å². The van der Waals surface area contributed by atoms with E-state index in [4.69, 9.17) is 5.73 Å². The maximum absolute atomic E-state index is 5.78. The normalized spacial score (nSPS) is 11.0. The predicted molar refractivity (Wildman–Crippen MR) is 119 cm³/mol. The highest BCUT2D eigenvalue weighted by Crippen LogP contribution is 2.30. The van der Waals surface area contributed by atoms with E-state index in [1.807, 2.05) is 24.3 Å². The number of nitrogen functional groups attached to an aromatic ring is 1. The third-order valence-corrected chi connectivity index (χ3v) is 4.83. The first-order valence-electron chi connectivity index (χ1n) is 9.33. The maximum atomic E-state index is 5.78. The molecule has 0 aliphatic rings. The summed E-state index contributed by atoms with van der Waals surface area (Å²) in [7, 11) is 0. The van der Waals surface area contributed by atoms with Crippen LogP contribution < -0.4 is 5.73 Å². The van der Waals surface area contributed by atoms with Gasteiger partial charge < -0.3 is 5.73 Å². The molecule has 0 aliphatic heterocycles. The lowest BCUT2D eigenvalue weighted by molar-refractivity contribution is 1.32. The van der Waals surface area contributed by atoms with Crippen LogP contribution in [0.15, 0.2) is 72.8 Å². The molecule has 0 bridgehead atoms. The number of anilines is 1. The molecule has 1 nitrogen and oxygen atoms in total. The number of nitrogens with two attached hydrogens (primary N) is 1. The fraction of sp³-hybridized carbons (Fsp3) is 0.154. The zero-order valence-corrected chi connectivity index (χ0v) is 16.6. The van der Waals surface area contributed by atoms with Crippen molar-refractivity contribution in [1.82, 2.24) is 0 Å². The first kappa shape index (κ1) is 18.7. The van der Waals surface area contributed by atoms with Gasteiger partial charge in [-0.1, -0.05) is 77.9 Å². The van der Waals surface area contributed by atoms with Crippen molar-refractivity contribution in [3.05, 3.63) is 112 Å². The Balaban J connectivity index is 2.07. The molecule has 0 unspecified atom stereocenters. The van der Waals surface area contributed by atoms with Gasteiger partial charge in [0.25, 0.3) is 0 Å². The number of hydrogen-bond donors (Lipinski definition) is 1. The lowest BCUT2D eigenvalue weighted by atomic mass is 9.90. The van der Waals surface area contributed by atoms with E-state index >= 15 is 0 Å². The Morgan fingerprint density at radius 3 is 1.70 bits per heavy atom. The zero-order valence-electron chi connectivity index (χ0n) is 16.6. The molecule has 136 valence electrons. The van der Waals surface area contributed by atoms with E-state index < -0.39 is 0 Å². The van der Waals surface area contributed by atoms with Crippen LogP contribution >= 0.6 is 0 Å². The fourth-order valence-electron chi connectivity index (χ4n) is 3.42. The molecule has 0 atom stereocenters. The van der Waals surface area contributed by atoms with Crippen molar-refractivity contribution in [1.29, 1.82) is 0 Å².